The van der Waals surface area contributed by atoms with Crippen LogP contribution in [-0.2, 0) is 9.59 Å². The zero-order chi connectivity index (χ0) is 13.7. The van der Waals surface area contributed by atoms with Crippen LogP contribution in [0.4, 0.5) is 5.69 Å². The van der Waals surface area contributed by atoms with E-state index in [0.717, 1.165) is 36.6 Å². The number of nitrogens with zero attached hydrogens (tertiary/aromatic N) is 2. The van der Waals surface area contributed by atoms with Gasteiger partial charge in [-0.1, -0.05) is 12.8 Å². The molecule has 2 atom stereocenters. The summed E-state index contributed by atoms with van der Waals surface area (Å²) >= 11 is 0. The lowest BCUT2D eigenvalue weighted by atomic mass is 9.81. The monoisotopic (exact) mass is 269 g/mol. The van der Waals surface area contributed by atoms with Gasteiger partial charge in [0, 0.05) is 5.39 Å². The average Bonchev–Trinajstić information content (AvgIpc) is 3.03. The number of anilines is 1. The first-order valence-corrected chi connectivity index (χ1v) is 7.06. The fraction of sp³-hybridized carbons (Fsp3) is 0.400. The first-order valence-electron chi connectivity index (χ1n) is 7.06. The number of aromatic nitrogens is 2. The topological polar surface area (TPSA) is 66.1 Å². The lowest BCUT2D eigenvalue weighted by molar-refractivity contribution is -0.122. The zero-order valence-corrected chi connectivity index (χ0v) is 11.0. The van der Waals surface area contributed by atoms with E-state index in [-0.39, 0.29) is 23.7 Å². The van der Waals surface area contributed by atoms with Crippen LogP contribution in [0, 0.1) is 11.8 Å². The molecule has 2 amide bonds. The molecule has 1 saturated carbocycles. The molecule has 0 radical (unpaired) electrons. The Labute approximate surface area is 116 Å². The minimum absolute atomic E-state index is 0.0254. The Balaban J connectivity index is 1.76. The molecule has 1 N–H and O–H groups in total. The van der Waals surface area contributed by atoms with Crippen molar-refractivity contribution in [1.29, 1.82) is 0 Å². The molecule has 0 bridgehead atoms. The molecule has 5 nitrogen and oxygen atoms in total. The summed E-state index contributed by atoms with van der Waals surface area (Å²) in [6.07, 6.45) is 5.50. The molecule has 20 heavy (non-hydrogen) atoms. The van der Waals surface area contributed by atoms with Gasteiger partial charge in [-0.25, -0.2) is 0 Å². The number of H-pyrrole nitrogens is 1. The number of rotatable bonds is 1. The molecular formula is C15H15N3O2. The Kier molecular flexibility index (Phi) is 2.42. The molecule has 2 heterocycles. The van der Waals surface area contributed by atoms with Gasteiger partial charge in [0.05, 0.1) is 29.2 Å². The number of aromatic amines is 1. The van der Waals surface area contributed by atoms with Crippen molar-refractivity contribution in [3.63, 3.8) is 0 Å². The fourth-order valence-electron chi connectivity index (χ4n) is 3.49. The molecule has 2 unspecified atom stereocenters. The van der Waals surface area contributed by atoms with Crippen LogP contribution >= 0.6 is 0 Å². The minimum atomic E-state index is -0.101. The third-order valence-electron chi connectivity index (χ3n) is 4.52. The largest absolute Gasteiger partial charge is 0.278 e. The van der Waals surface area contributed by atoms with E-state index in [1.54, 1.807) is 6.20 Å². The SMILES string of the molecule is O=C1C2CCCCC2C(=O)N1c1ccc2[nH]ncc2c1. The van der Waals surface area contributed by atoms with Crippen LogP contribution in [-0.4, -0.2) is 22.0 Å². The van der Waals surface area contributed by atoms with Gasteiger partial charge in [-0.15, -0.1) is 0 Å². The highest BCUT2D eigenvalue weighted by atomic mass is 16.2. The maximum Gasteiger partial charge on any atom is 0.237 e. The summed E-state index contributed by atoms with van der Waals surface area (Å²) in [4.78, 5) is 26.4. The number of benzene rings is 1. The van der Waals surface area contributed by atoms with Crippen LogP contribution in [0.15, 0.2) is 24.4 Å². The van der Waals surface area contributed by atoms with Crippen molar-refractivity contribution in [3.05, 3.63) is 24.4 Å². The number of carbonyl (C=O) groups excluding carboxylic acids is 2. The summed E-state index contributed by atoms with van der Waals surface area (Å²) in [5.74, 6) is -0.252. The molecule has 2 aliphatic rings. The maximum absolute atomic E-state index is 12.5. The highest BCUT2D eigenvalue weighted by Gasteiger charge is 2.48. The summed E-state index contributed by atoms with van der Waals surface area (Å²) in [6.45, 7) is 0. The average molecular weight is 269 g/mol. The Morgan fingerprint density at radius 1 is 1.10 bits per heavy atom. The first-order chi connectivity index (χ1) is 9.75. The van der Waals surface area contributed by atoms with Crippen LogP contribution in [0.3, 0.4) is 0 Å². The van der Waals surface area contributed by atoms with Crippen LogP contribution in [0.2, 0.25) is 0 Å². The molecule has 1 aromatic carbocycles. The van der Waals surface area contributed by atoms with Crippen molar-refractivity contribution >= 4 is 28.4 Å². The lowest BCUT2D eigenvalue weighted by Crippen LogP contribution is -2.30. The van der Waals surface area contributed by atoms with E-state index in [1.807, 2.05) is 18.2 Å². The van der Waals surface area contributed by atoms with Crippen molar-refractivity contribution in [2.24, 2.45) is 11.8 Å². The Morgan fingerprint density at radius 2 is 1.80 bits per heavy atom. The van der Waals surface area contributed by atoms with E-state index in [9.17, 15) is 9.59 Å². The van der Waals surface area contributed by atoms with Crippen LogP contribution in [0.5, 0.6) is 0 Å². The van der Waals surface area contributed by atoms with Crippen molar-refractivity contribution < 1.29 is 9.59 Å². The van der Waals surface area contributed by atoms with Gasteiger partial charge in [-0.3, -0.25) is 19.6 Å². The zero-order valence-electron chi connectivity index (χ0n) is 11.0. The third kappa shape index (κ3) is 1.52. The van der Waals surface area contributed by atoms with E-state index >= 15 is 0 Å². The molecule has 2 aromatic rings. The third-order valence-corrected chi connectivity index (χ3v) is 4.52. The quantitative estimate of drug-likeness (QED) is 0.807. The number of imide groups is 1. The molecule has 102 valence electrons. The minimum Gasteiger partial charge on any atom is -0.278 e. The van der Waals surface area contributed by atoms with Gasteiger partial charge in [-0.05, 0) is 31.0 Å². The van der Waals surface area contributed by atoms with E-state index in [4.69, 9.17) is 0 Å². The molecule has 4 rings (SSSR count). The molecule has 1 saturated heterocycles. The van der Waals surface area contributed by atoms with Crippen molar-refractivity contribution in [2.75, 3.05) is 4.90 Å². The predicted octanol–water partition coefficient (Wildman–Crippen LogP) is 2.24. The molecule has 1 aliphatic heterocycles. The molecule has 1 aromatic heterocycles. The second kappa shape index (κ2) is 4.16. The van der Waals surface area contributed by atoms with Crippen LogP contribution < -0.4 is 4.90 Å². The normalized spacial score (nSPS) is 26.3. The highest BCUT2D eigenvalue weighted by Crippen LogP contribution is 2.40. The van der Waals surface area contributed by atoms with Gasteiger partial charge >= 0.3 is 0 Å². The number of nitrogens with one attached hydrogen (secondary N) is 1. The van der Waals surface area contributed by atoms with Crippen LogP contribution in [0.1, 0.15) is 25.7 Å². The smallest absolute Gasteiger partial charge is 0.237 e. The number of amides is 2. The summed E-state index contributed by atoms with van der Waals surface area (Å²) in [5.41, 5.74) is 1.58. The molecule has 5 heteroatoms. The van der Waals surface area contributed by atoms with Gasteiger partial charge in [0.15, 0.2) is 0 Å². The second-order valence-electron chi connectivity index (χ2n) is 5.65. The van der Waals surface area contributed by atoms with Crippen molar-refractivity contribution in [1.82, 2.24) is 10.2 Å². The number of carbonyl (C=O) groups is 2. The number of fused-ring (bicyclic) bond motifs is 2. The standard InChI is InChI=1S/C15H15N3O2/c19-14-11-3-1-2-4-12(11)15(20)18(14)10-5-6-13-9(7-10)8-16-17-13/h5-8,11-12H,1-4H2,(H,16,17). The number of hydrogen-bond acceptors (Lipinski definition) is 3. The van der Waals surface area contributed by atoms with Gasteiger partial charge in [-0.2, -0.15) is 5.10 Å². The van der Waals surface area contributed by atoms with Gasteiger partial charge in [0.25, 0.3) is 0 Å². The fourth-order valence-corrected chi connectivity index (χ4v) is 3.49. The summed E-state index contributed by atoms with van der Waals surface area (Å²) in [6, 6.07) is 5.53. The van der Waals surface area contributed by atoms with Gasteiger partial charge in [0.2, 0.25) is 11.8 Å². The van der Waals surface area contributed by atoms with E-state index in [1.165, 1.54) is 4.90 Å². The van der Waals surface area contributed by atoms with Crippen molar-refractivity contribution in [2.45, 2.75) is 25.7 Å². The second-order valence-corrected chi connectivity index (χ2v) is 5.65. The van der Waals surface area contributed by atoms with Crippen LogP contribution in [0.25, 0.3) is 10.9 Å². The summed E-state index contributed by atoms with van der Waals surface area (Å²) < 4.78 is 0. The van der Waals surface area contributed by atoms with Crippen molar-refractivity contribution in [3.8, 4) is 0 Å². The number of hydrogen-bond donors (Lipinski definition) is 1. The predicted molar refractivity (Wildman–Crippen MR) is 74.0 cm³/mol. The Hall–Kier alpha value is -2.17. The van der Waals surface area contributed by atoms with E-state index < -0.39 is 0 Å². The van der Waals surface area contributed by atoms with E-state index in [2.05, 4.69) is 10.2 Å². The Morgan fingerprint density at radius 3 is 2.50 bits per heavy atom. The highest BCUT2D eigenvalue weighted by molar-refractivity contribution is 6.22. The molecule has 2 fully saturated rings. The summed E-state index contributed by atoms with van der Waals surface area (Å²) in [7, 11) is 0. The lowest BCUT2D eigenvalue weighted by Gasteiger charge is -2.19. The maximum atomic E-state index is 12.5. The molecule has 0 spiro atoms. The van der Waals surface area contributed by atoms with E-state index in [0.29, 0.717) is 5.69 Å². The molecular weight excluding hydrogens is 254 g/mol. The van der Waals surface area contributed by atoms with Gasteiger partial charge < -0.3 is 0 Å². The molecule has 1 aliphatic carbocycles. The van der Waals surface area contributed by atoms with Gasteiger partial charge in [0.1, 0.15) is 0 Å². The Bertz CT molecular complexity index is 682. The first kappa shape index (κ1) is 11.6. The summed E-state index contributed by atoms with van der Waals surface area (Å²) in [5, 5.41) is 7.75.